The van der Waals surface area contributed by atoms with Gasteiger partial charge in [-0.1, -0.05) is 258 Å². The largest absolute Gasteiger partial charge is 0.394 e. The average molecular weight is 1030 g/mol. The normalized spacial score (nSPS) is 19.8. The van der Waals surface area contributed by atoms with Gasteiger partial charge < -0.3 is 40.3 Å². The molecule has 424 valence electrons. The highest BCUT2D eigenvalue weighted by Gasteiger charge is 2.44. The maximum atomic E-state index is 13.1. The Balaban J connectivity index is 2.19. The summed E-state index contributed by atoms with van der Waals surface area (Å²) in [5.41, 5.74) is 0. The zero-order chi connectivity index (χ0) is 53.6. The molecule has 0 aromatic carbocycles. The van der Waals surface area contributed by atoms with Gasteiger partial charge in [0.25, 0.3) is 0 Å². The molecule has 0 saturated carbocycles. The third kappa shape index (κ3) is 42.0. The van der Waals surface area contributed by atoms with E-state index in [1.54, 1.807) is 0 Å². The Kier molecular flexibility index (Phi) is 49.6. The number of hydrogen-bond acceptors (Lipinski definition) is 8. The first-order chi connectivity index (χ1) is 36.3. The fraction of sp³-hybridized carbons (Fsp3) is 0.708. The monoisotopic (exact) mass is 1030 g/mol. The molecule has 7 unspecified atom stereocenters. The molecule has 1 fully saturated rings. The summed E-state index contributed by atoms with van der Waals surface area (Å²) in [6.45, 7) is 3.72. The zero-order valence-electron chi connectivity index (χ0n) is 47.1. The second-order valence-electron chi connectivity index (χ2n) is 20.4. The summed E-state index contributed by atoms with van der Waals surface area (Å²) in [6, 6.07) is -0.733. The van der Waals surface area contributed by atoms with Gasteiger partial charge in [-0.25, -0.2) is 0 Å². The van der Waals surface area contributed by atoms with E-state index in [4.69, 9.17) is 9.47 Å². The van der Waals surface area contributed by atoms with Crippen LogP contribution in [0.3, 0.4) is 0 Å². The molecule has 1 aliphatic rings. The first-order valence-electron chi connectivity index (χ1n) is 30.1. The van der Waals surface area contributed by atoms with E-state index in [2.05, 4.69) is 129 Å². The second-order valence-corrected chi connectivity index (χ2v) is 20.4. The highest BCUT2D eigenvalue weighted by Crippen LogP contribution is 2.23. The van der Waals surface area contributed by atoms with Crippen molar-refractivity contribution in [1.29, 1.82) is 0 Å². The lowest BCUT2D eigenvalue weighted by Gasteiger charge is -2.40. The van der Waals surface area contributed by atoms with Gasteiger partial charge in [-0.15, -0.1) is 0 Å². The molecular formula is C65H111NO8. The molecule has 7 atom stereocenters. The number of allylic oxidation sites excluding steroid dienone is 18. The third-order valence-electron chi connectivity index (χ3n) is 13.6. The number of aliphatic hydroxyl groups is 5. The Morgan fingerprint density at radius 2 is 0.838 bits per heavy atom. The minimum Gasteiger partial charge on any atom is -0.394 e. The van der Waals surface area contributed by atoms with Gasteiger partial charge in [-0.3, -0.25) is 4.79 Å². The predicted octanol–water partition coefficient (Wildman–Crippen LogP) is 15.3. The zero-order valence-corrected chi connectivity index (χ0v) is 47.1. The topological polar surface area (TPSA) is 149 Å². The van der Waals surface area contributed by atoms with Crippen LogP contribution in [0, 0.1) is 0 Å². The molecular weight excluding hydrogens is 923 g/mol. The van der Waals surface area contributed by atoms with Crippen LogP contribution < -0.4 is 5.32 Å². The summed E-state index contributed by atoms with van der Waals surface area (Å²) in [5, 5.41) is 54.7. The lowest BCUT2D eigenvalue weighted by Crippen LogP contribution is -2.60. The first-order valence-corrected chi connectivity index (χ1v) is 30.1. The summed E-state index contributed by atoms with van der Waals surface area (Å²) < 4.78 is 11.3. The van der Waals surface area contributed by atoms with E-state index in [0.717, 1.165) is 109 Å². The quantitative estimate of drug-likeness (QED) is 0.0261. The average Bonchev–Trinajstić information content (AvgIpc) is 3.40. The molecule has 1 amide bonds. The van der Waals surface area contributed by atoms with Crippen molar-refractivity contribution in [3.05, 3.63) is 109 Å². The van der Waals surface area contributed by atoms with Crippen LogP contribution in [0.2, 0.25) is 0 Å². The van der Waals surface area contributed by atoms with Crippen LogP contribution in [0.25, 0.3) is 0 Å². The number of amides is 1. The van der Waals surface area contributed by atoms with E-state index in [1.165, 1.54) is 103 Å². The van der Waals surface area contributed by atoms with Crippen molar-refractivity contribution in [3.63, 3.8) is 0 Å². The number of nitrogens with one attached hydrogen (secondary N) is 1. The summed E-state index contributed by atoms with van der Waals surface area (Å²) in [5.74, 6) is -0.159. The van der Waals surface area contributed by atoms with Gasteiger partial charge >= 0.3 is 0 Å². The Labute approximate surface area is 453 Å². The van der Waals surface area contributed by atoms with Crippen LogP contribution in [0.5, 0.6) is 0 Å². The molecule has 1 aliphatic heterocycles. The Morgan fingerprint density at radius 1 is 0.473 bits per heavy atom. The number of unbranched alkanes of at least 4 members (excludes halogenated alkanes) is 22. The van der Waals surface area contributed by atoms with Gasteiger partial charge in [0.05, 0.1) is 25.4 Å². The fourth-order valence-electron chi connectivity index (χ4n) is 8.92. The number of aliphatic hydroxyl groups excluding tert-OH is 5. The molecule has 1 saturated heterocycles. The number of carbonyl (C=O) groups is 1. The molecule has 1 heterocycles. The molecule has 6 N–H and O–H groups in total. The van der Waals surface area contributed by atoms with Crippen molar-refractivity contribution in [1.82, 2.24) is 5.32 Å². The van der Waals surface area contributed by atoms with E-state index < -0.39 is 49.5 Å². The molecule has 9 heteroatoms. The lowest BCUT2D eigenvalue weighted by molar-refractivity contribution is -0.302. The van der Waals surface area contributed by atoms with E-state index in [1.807, 2.05) is 0 Å². The highest BCUT2D eigenvalue weighted by molar-refractivity contribution is 5.76. The Hall–Kier alpha value is -3.15. The van der Waals surface area contributed by atoms with E-state index in [0.29, 0.717) is 12.8 Å². The van der Waals surface area contributed by atoms with Crippen molar-refractivity contribution >= 4 is 5.91 Å². The van der Waals surface area contributed by atoms with Gasteiger partial charge in [0.15, 0.2) is 6.29 Å². The first kappa shape index (κ1) is 68.9. The van der Waals surface area contributed by atoms with E-state index >= 15 is 0 Å². The van der Waals surface area contributed by atoms with Crippen molar-refractivity contribution < 1.29 is 39.8 Å². The highest BCUT2D eigenvalue weighted by atomic mass is 16.7. The Bertz CT molecular complexity index is 1530. The summed E-state index contributed by atoms with van der Waals surface area (Å²) in [7, 11) is 0. The van der Waals surface area contributed by atoms with Crippen LogP contribution in [0.1, 0.15) is 239 Å². The molecule has 0 aromatic heterocycles. The smallest absolute Gasteiger partial charge is 0.220 e. The molecule has 9 nitrogen and oxygen atoms in total. The van der Waals surface area contributed by atoms with Crippen molar-refractivity contribution in [2.24, 2.45) is 0 Å². The third-order valence-corrected chi connectivity index (χ3v) is 13.6. The van der Waals surface area contributed by atoms with Crippen LogP contribution in [-0.2, 0) is 14.3 Å². The van der Waals surface area contributed by atoms with Crippen molar-refractivity contribution in [3.8, 4) is 0 Å². The van der Waals surface area contributed by atoms with Gasteiger partial charge in [0.1, 0.15) is 24.4 Å². The second kappa shape index (κ2) is 53.3. The fourth-order valence-corrected chi connectivity index (χ4v) is 8.92. The van der Waals surface area contributed by atoms with Crippen LogP contribution in [-0.4, -0.2) is 87.5 Å². The molecule has 1 rings (SSSR count). The predicted molar refractivity (Wildman–Crippen MR) is 313 cm³/mol. The van der Waals surface area contributed by atoms with Crippen LogP contribution in [0.15, 0.2) is 109 Å². The van der Waals surface area contributed by atoms with Crippen molar-refractivity contribution in [2.45, 2.75) is 281 Å². The van der Waals surface area contributed by atoms with Crippen molar-refractivity contribution in [2.75, 3.05) is 13.2 Å². The minimum atomic E-state index is -1.56. The summed E-state index contributed by atoms with van der Waals surface area (Å²) in [4.78, 5) is 13.1. The number of hydrogen-bond donors (Lipinski definition) is 6. The molecule has 0 radical (unpaired) electrons. The molecule has 0 spiro atoms. The molecule has 0 aliphatic carbocycles. The number of rotatable bonds is 50. The summed E-state index contributed by atoms with van der Waals surface area (Å²) >= 11 is 0. The number of ether oxygens (including phenoxy) is 2. The summed E-state index contributed by atoms with van der Waals surface area (Å²) in [6.07, 6.45) is 71.1. The number of carbonyl (C=O) groups excluding carboxylic acids is 1. The van der Waals surface area contributed by atoms with Gasteiger partial charge in [-0.05, 0) is 83.5 Å². The maximum Gasteiger partial charge on any atom is 0.220 e. The lowest BCUT2D eigenvalue weighted by atomic mass is 9.99. The molecule has 0 bridgehead atoms. The van der Waals surface area contributed by atoms with Gasteiger partial charge in [0.2, 0.25) is 5.91 Å². The van der Waals surface area contributed by atoms with Gasteiger partial charge in [0, 0.05) is 6.42 Å². The van der Waals surface area contributed by atoms with Gasteiger partial charge in [-0.2, -0.15) is 0 Å². The Morgan fingerprint density at radius 3 is 1.24 bits per heavy atom. The SMILES string of the molecule is CC/C=C\C/C=C\C/C=C\C/C=C\C/C=C\C/C=C\C/C=C\C/C=C\C/C=C\CCCCCCCCCC(=O)NC(COC1OC(CO)C(O)C(O)C1O)C(O)CCCCCCCCCCCCCCCCCC. The maximum absolute atomic E-state index is 13.1. The molecule has 0 aromatic rings. The van der Waals surface area contributed by atoms with Crippen LogP contribution >= 0.6 is 0 Å². The standard InChI is InChI=1S/C65H111NO8/c1-3-5-7-9-11-13-15-17-19-21-22-23-24-25-26-27-28-29-30-31-32-33-34-35-36-37-38-39-41-43-45-47-49-51-53-55-61(69)66-58(57-73-65-64(72)63(71)62(70)60(56-67)74-65)59(68)54-52-50-48-46-44-42-40-20-18-16-14-12-10-8-6-4-2/h5,7,11,13,17,19,22-23,25-26,28-29,31-32,34-35,37-38,58-60,62-65,67-68,70-72H,3-4,6,8-10,12,14-16,18,20-21,24,27,30,33,36,39-57H2,1-2H3,(H,66,69)/b7-5-,13-11-,19-17-,23-22-,26-25-,29-28-,32-31-,35-34-,38-37-. The minimum absolute atomic E-state index is 0.148. The van der Waals surface area contributed by atoms with Crippen LogP contribution in [0.4, 0.5) is 0 Å². The van der Waals surface area contributed by atoms with E-state index in [-0.39, 0.29) is 12.5 Å². The molecule has 74 heavy (non-hydrogen) atoms. The van der Waals surface area contributed by atoms with E-state index in [9.17, 15) is 30.3 Å².